The van der Waals surface area contributed by atoms with Crippen molar-refractivity contribution in [2.24, 2.45) is 0 Å². The Morgan fingerprint density at radius 2 is 2.41 bits per heavy atom. The van der Waals surface area contributed by atoms with Gasteiger partial charge in [-0.3, -0.25) is 9.69 Å². The fourth-order valence-corrected chi connectivity index (χ4v) is 2.95. The molecule has 0 aliphatic carbocycles. The average Bonchev–Trinajstić information content (AvgIpc) is 2.74. The SMILES string of the molecule is COC(=O)C1CCCCN1Cc1nnc(Cl)s1. The van der Waals surface area contributed by atoms with Crippen LogP contribution in [0.25, 0.3) is 0 Å². The largest absolute Gasteiger partial charge is 0.468 e. The highest BCUT2D eigenvalue weighted by molar-refractivity contribution is 7.15. The van der Waals surface area contributed by atoms with Gasteiger partial charge in [0, 0.05) is 0 Å². The lowest BCUT2D eigenvalue weighted by molar-refractivity contribution is -0.148. The zero-order valence-electron chi connectivity index (χ0n) is 9.56. The third-order valence-electron chi connectivity index (χ3n) is 2.87. The molecule has 0 radical (unpaired) electrons. The Morgan fingerprint density at radius 1 is 1.59 bits per heavy atom. The number of carbonyl (C=O) groups is 1. The summed E-state index contributed by atoms with van der Waals surface area (Å²) in [6, 6.07) is -0.156. The Labute approximate surface area is 109 Å². The van der Waals surface area contributed by atoms with E-state index in [0.29, 0.717) is 11.0 Å². The van der Waals surface area contributed by atoms with E-state index >= 15 is 0 Å². The van der Waals surface area contributed by atoms with E-state index in [1.54, 1.807) is 0 Å². The van der Waals surface area contributed by atoms with Gasteiger partial charge in [-0.15, -0.1) is 10.2 Å². The molecule has 1 aromatic rings. The Balaban J connectivity index is 2.03. The average molecular weight is 276 g/mol. The van der Waals surface area contributed by atoms with Gasteiger partial charge in [0.2, 0.25) is 4.47 Å². The highest BCUT2D eigenvalue weighted by Gasteiger charge is 2.30. The Kier molecular flexibility index (Phi) is 4.31. The van der Waals surface area contributed by atoms with E-state index < -0.39 is 0 Å². The van der Waals surface area contributed by atoms with Crippen LogP contribution < -0.4 is 0 Å². The number of hydrogen-bond acceptors (Lipinski definition) is 6. The molecule has 17 heavy (non-hydrogen) atoms. The van der Waals surface area contributed by atoms with Crippen LogP contribution in [0, 0.1) is 0 Å². The monoisotopic (exact) mass is 275 g/mol. The summed E-state index contributed by atoms with van der Waals surface area (Å²) < 4.78 is 5.26. The molecule has 0 spiro atoms. The van der Waals surface area contributed by atoms with E-state index in [-0.39, 0.29) is 12.0 Å². The summed E-state index contributed by atoms with van der Waals surface area (Å²) >= 11 is 7.09. The van der Waals surface area contributed by atoms with Gasteiger partial charge in [-0.05, 0) is 31.0 Å². The zero-order chi connectivity index (χ0) is 12.3. The van der Waals surface area contributed by atoms with E-state index in [9.17, 15) is 4.79 Å². The van der Waals surface area contributed by atoms with Crippen LogP contribution >= 0.6 is 22.9 Å². The molecule has 2 heterocycles. The second-order valence-electron chi connectivity index (χ2n) is 3.95. The molecule has 1 unspecified atom stereocenters. The third-order valence-corrected chi connectivity index (χ3v) is 3.87. The summed E-state index contributed by atoms with van der Waals surface area (Å²) in [6.07, 6.45) is 3.01. The maximum Gasteiger partial charge on any atom is 0.323 e. The molecule has 5 nitrogen and oxygen atoms in total. The van der Waals surface area contributed by atoms with Gasteiger partial charge in [0.25, 0.3) is 0 Å². The van der Waals surface area contributed by atoms with Crippen molar-refractivity contribution in [3.8, 4) is 0 Å². The first-order valence-electron chi connectivity index (χ1n) is 5.50. The lowest BCUT2D eigenvalue weighted by Crippen LogP contribution is -2.44. The standard InChI is InChI=1S/C10H14ClN3O2S/c1-16-9(15)7-4-2-3-5-14(7)6-8-12-13-10(11)17-8/h7H,2-6H2,1H3. The van der Waals surface area contributed by atoms with Gasteiger partial charge in [-0.2, -0.15) is 0 Å². The molecule has 0 bridgehead atoms. The smallest absolute Gasteiger partial charge is 0.323 e. The van der Waals surface area contributed by atoms with Crippen molar-refractivity contribution in [3.63, 3.8) is 0 Å². The topological polar surface area (TPSA) is 55.3 Å². The first-order chi connectivity index (χ1) is 8.20. The molecular formula is C10H14ClN3O2S. The number of hydrogen-bond donors (Lipinski definition) is 0. The molecule has 0 aromatic carbocycles. The van der Waals surface area contributed by atoms with Gasteiger partial charge >= 0.3 is 5.97 Å². The van der Waals surface area contributed by atoms with E-state index in [1.165, 1.54) is 18.4 Å². The highest BCUT2D eigenvalue weighted by Crippen LogP contribution is 2.23. The van der Waals surface area contributed by atoms with Crippen molar-refractivity contribution in [3.05, 3.63) is 9.47 Å². The van der Waals surface area contributed by atoms with Crippen molar-refractivity contribution in [1.29, 1.82) is 0 Å². The summed E-state index contributed by atoms with van der Waals surface area (Å²) in [5, 5.41) is 8.57. The maximum absolute atomic E-state index is 11.7. The number of rotatable bonds is 3. The first kappa shape index (κ1) is 12.7. The Morgan fingerprint density at radius 3 is 3.06 bits per heavy atom. The number of carbonyl (C=O) groups excluding carboxylic acids is 1. The van der Waals surface area contributed by atoms with Crippen LogP contribution in [-0.4, -0.2) is 40.8 Å². The second kappa shape index (κ2) is 5.75. The normalized spacial score (nSPS) is 21.4. The van der Waals surface area contributed by atoms with Crippen LogP contribution in [0.15, 0.2) is 0 Å². The number of esters is 1. The molecule has 94 valence electrons. The molecule has 2 rings (SSSR count). The van der Waals surface area contributed by atoms with Crippen LogP contribution in [0.1, 0.15) is 24.3 Å². The van der Waals surface area contributed by atoms with E-state index in [4.69, 9.17) is 16.3 Å². The molecule has 1 aromatic heterocycles. The quantitative estimate of drug-likeness (QED) is 0.786. The summed E-state index contributed by atoms with van der Waals surface area (Å²) in [4.78, 5) is 13.7. The maximum atomic E-state index is 11.7. The van der Waals surface area contributed by atoms with Crippen LogP contribution in [0.5, 0.6) is 0 Å². The highest BCUT2D eigenvalue weighted by atomic mass is 35.5. The lowest BCUT2D eigenvalue weighted by Gasteiger charge is -2.32. The number of methoxy groups -OCH3 is 1. The number of aromatic nitrogens is 2. The van der Waals surface area contributed by atoms with Crippen molar-refractivity contribution < 1.29 is 9.53 Å². The van der Waals surface area contributed by atoms with Crippen LogP contribution in [0.4, 0.5) is 0 Å². The second-order valence-corrected chi connectivity index (χ2v) is 5.60. The predicted molar refractivity (Wildman–Crippen MR) is 65.0 cm³/mol. The summed E-state index contributed by atoms with van der Waals surface area (Å²) in [6.45, 7) is 1.50. The number of halogens is 1. The van der Waals surface area contributed by atoms with Crippen LogP contribution in [-0.2, 0) is 16.1 Å². The van der Waals surface area contributed by atoms with E-state index in [2.05, 4.69) is 15.1 Å². The molecule has 0 N–H and O–H groups in total. The molecule has 1 atom stereocenters. The fourth-order valence-electron chi connectivity index (χ4n) is 2.05. The number of nitrogens with zero attached hydrogens (tertiary/aromatic N) is 3. The molecule has 0 amide bonds. The molecule has 1 fully saturated rings. The molecular weight excluding hydrogens is 262 g/mol. The molecule has 0 saturated carbocycles. The Bertz CT molecular complexity index is 399. The molecule has 1 aliphatic rings. The van der Waals surface area contributed by atoms with Gasteiger partial charge in [0.15, 0.2) is 0 Å². The third kappa shape index (κ3) is 3.14. The number of ether oxygens (including phenoxy) is 1. The van der Waals surface area contributed by atoms with E-state index in [0.717, 1.165) is 30.8 Å². The van der Waals surface area contributed by atoms with Crippen molar-refractivity contribution >= 4 is 28.9 Å². The van der Waals surface area contributed by atoms with Gasteiger partial charge in [-0.1, -0.05) is 17.8 Å². The van der Waals surface area contributed by atoms with E-state index in [1.807, 2.05) is 0 Å². The minimum absolute atomic E-state index is 0.156. The minimum Gasteiger partial charge on any atom is -0.468 e. The summed E-state index contributed by atoms with van der Waals surface area (Å²) in [7, 11) is 1.43. The first-order valence-corrected chi connectivity index (χ1v) is 6.70. The summed E-state index contributed by atoms with van der Waals surface area (Å²) in [5.74, 6) is -0.166. The van der Waals surface area contributed by atoms with Crippen LogP contribution in [0.2, 0.25) is 4.47 Å². The molecule has 7 heteroatoms. The molecule has 1 aliphatic heterocycles. The van der Waals surface area contributed by atoms with Gasteiger partial charge < -0.3 is 4.74 Å². The van der Waals surface area contributed by atoms with Crippen molar-refractivity contribution in [2.45, 2.75) is 31.8 Å². The van der Waals surface area contributed by atoms with Gasteiger partial charge in [0.1, 0.15) is 11.0 Å². The lowest BCUT2D eigenvalue weighted by atomic mass is 10.0. The van der Waals surface area contributed by atoms with Gasteiger partial charge in [0.05, 0.1) is 13.7 Å². The number of likely N-dealkylation sites (tertiary alicyclic amines) is 1. The Hall–Kier alpha value is -0.720. The van der Waals surface area contributed by atoms with Crippen molar-refractivity contribution in [2.75, 3.05) is 13.7 Å². The molecule has 1 saturated heterocycles. The minimum atomic E-state index is -0.166. The summed E-state index contributed by atoms with van der Waals surface area (Å²) in [5.41, 5.74) is 0. The fraction of sp³-hybridized carbons (Fsp3) is 0.700. The zero-order valence-corrected chi connectivity index (χ0v) is 11.1. The van der Waals surface area contributed by atoms with Gasteiger partial charge in [-0.25, -0.2) is 0 Å². The predicted octanol–water partition coefficient (Wildman–Crippen LogP) is 1.72. The number of piperidine rings is 1. The van der Waals surface area contributed by atoms with Crippen molar-refractivity contribution in [1.82, 2.24) is 15.1 Å². The van der Waals surface area contributed by atoms with Crippen LogP contribution in [0.3, 0.4) is 0 Å².